The van der Waals surface area contributed by atoms with Crippen molar-refractivity contribution in [2.75, 3.05) is 0 Å². The van der Waals surface area contributed by atoms with Gasteiger partial charge in [-0.25, -0.2) is 4.98 Å². The Bertz CT molecular complexity index is 348. The first-order valence-electron chi connectivity index (χ1n) is 5.52. The predicted molar refractivity (Wildman–Crippen MR) is 62.1 cm³/mol. The average molecular weight is 241 g/mol. The molecule has 0 aliphatic heterocycles. The van der Waals surface area contributed by atoms with E-state index in [2.05, 4.69) is 22.6 Å². The molecule has 1 rings (SSSR count). The van der Waals surface area contributed by atoms with E-state index in [0.717, 1.165) is 18.5 Å². The number of carboxylic acids is 1. The molecule has 1 aromatic rings. The summed E-state index contributed by atoms with van der Waals surface area (Å²) in [6.45, 7) is 4.00. The number of H-pyrrole nitrogens is 1. The Hall–Kier alpha value is -0.970. The summed E-state index contributed by atoms with van der Waals surface area (Å²) in [5, 5.41) is 11.7. The number of carboxylic acid groups (broad SMARTS) is 1. The number of thiol groups is 1. The topological polar surface area (TPSA) is 68.8 Å². The number of hydrogen-bond donors (Lipinski definition) is 2. The summed E-state index contributed by atoms with van der Waals surface area (Å²) in [6, 6.07) is 0. The second-order valence-electron chi connectivity index (χ2n) is 3.91. The molecule has 90 valence electrons. The first kappa shape index (κ1) is 13.1. The van der Waals surface area contributed by atoms with Crippen LogP contribution in [0.2, 0.25) is 0 Å². The molecule has 0 aliphatic carbocycles. The highest BCUT2D eigenvalue weighted by atomic mass is 32.1. The van der Waals surface area contributed by atoms with Gasteiger partial charge in [0.05, 0.1) is 6.33 Å². The van der Waals surface area contributed by atoms with Gasteiger partial charge in [-0.15, -0.1) is 12.6 Å². The zero-order chi connectivity index (χ0) is 12.1. The number of imidazole rings is 1. The largest absolute Gasteiger partial charge is 0.550 e. The Morgan fingerprint density at radius 3 is 2.56 bits per heavy atom. The lowest BCUT2D eigenvalue weighted by Crippen LogP contribution is -2.37. The molecule has 0 spiro atoms. The second-order valence-corrected chi connectivity index (χ2v) is 4.33. The first-order chi connectivity index (χ1) is 7.60. The summed E-state index contributed by atoms with van der Waals surface area (Å²) in [5.74, 6) is -1.32. The molecule has 0 saturated heterocycles. The molecule has 0 aromatic carbocycles. The quantitative estimate of drug-likeness (QED) is 0.731. The van der Waals surface area contributed by atoms with Crippen LogP contribution in [0.25, 0.3) is 0 Å². The molecule has 16 heavy (non-hydrogen) atoms. The van der Waals surface area contributed by atoms with E-state index < -0.39 is 11.9 Å². The van der Waals surface area contributed by atoms with E-state index in [4.69, 9.17) is 0 Å². The lowest BCUT2D eigenvalue weighted by Gasteiger charge is -2.25. The van der Waals surface area contributed by atoms with E-state index in [1.54, 1.807) is 0 Å². The fourth-order valence-electron chi connectivity index (χ4n) is 1.98. The minimum Gasteiger partial charge on any atom is -0.550 e. The van der Waals surface area contributed by atoms with Crippen molar-refractivity contribution in [3.63, 3.8) is 0 Å². The summed E-state index contributed by atoms with van der Waals surface area (Å²) < 4.78 is 0. The van der Waals surface area contributed by atoms with Gasteiger partial charge in [0.15, 0.2) is 0 Å². The van der Waals surface area contributed by atoms with Gasteiger partial charge in [-0.1, -0.05) is 26.7 Å². The Morgan fingerprint density at radius 2 is 2.19 bits per heavy atom. The normalized spacial score (nSPS) is 13.0. The van der Waals surface area contributed by atoms with Crippen molar-refractivity contribution in [1.82, 2.24) is 9.97 Å². The van der Waals surface area contributed by atoms with Crippen LogP contribution in [-0.4, -0.2) is 15.9 Å². The van der Waals surface area contributed by atoms with Crippen LogP contribution in [0, 0.1) is 11.8 Å². The zero-order valence-electron chi connectivity index (χ0n) is 9.56. The number of aromatic amines is 1. The summed E-state index contributed by atoms with van der Waals surface area (Å²) in [4.78, 5) is 18.0. The molecule has 0 bridgehead atoms. The van der Waals surface area contributed by atoms with Gasteiger partial charge in [0, 0.05) is 17.6 Å². The Kier molecular flexibility index (Phi) is 4.86. The highest BCUT2D eigenvalue weighted by Crippen LogP contribution is 2.24. The smallest absolute Gasteiger partial charge is 0.114 e. The Morgan fingerprint density at radius 1 is 1.56 bits per heavy atom. The molecular formula is C11H17N2O2S-. The number of hydrogen-bond acceptors (Lipinski definition) is 4. The summed E-state index contributed by atoms with van der Waals surface area (Å²) in [7, 11) is 0. The van der Waals surface area contributed by atoms with Crippen molar-refractivity contribution < 1.29 is 9.90 Å². The van der Waals surface area contributed by atoms with Gasteiger partial charge in [0.1, 0.15) is 5.03 Å². The Labute approximate surface area is 101 Å². The first-order valence-corrected chi connectivity index (χ1v) is 5.96. The van der Waals surface area contributed by atoms with E-state index >= 15 is 0 Å². The van der Waals surface area contributed by atoms with Crippen molar-refractivity contribution in [3.05, 3.63) is 12.0 Å². The maximum atomic E-state index is 11.1. The molecule has 0 saturated carbocycles. The molecule has 0 fully saturated rings. The standard InChI is InChI=1S/C11H18N2O2S/c1-3-7(4-2)8(11(14)15)5-9-10(16)13-6-12-9/h6-8,16H,3-5H2,1-2H3,(H,12,13)(H,14,15)/p-1/t8-/m1/s1. The van der Waals surface area contributed by atoms with Gasteiger partial charge in [-0.2, -0.15) is 0 Å². The highest BCUT2D eigenvalue weighted by molar-refractivity contribution is 7.80. The van der Waals surface area contributed by atoms with E-state index in [1.807, 2.05) is 13.8 Å². The minimum atomic E-state index is -0.990. The van der Waals surface area contributed by atoms with Crippen LogP contribution in [0.3, 0.4) is 0 Å². The van der Waals surface area contributed by atoms with Gasteiger partial charge in [0.2, 0.25) is 0 Å². The molecule has 1 N–H and O–H groups in total. The third kappa shape index (κ3) is 3.01. The molecule has 0 amide bonds. The minimum absolute atomic E-state index is 0.140. The number of carbonyl (C=O) groups excluding carboxylic acids is 1. The van der Waals surface area contributed by atoms with E-state index in [-0.39, 0.29) is 5.92 Å². The number of nitrogens with zero attached hydrogens (tertiary/aromatic N) is 1. The zero-order valence-corrected chi connectivity index (χ0v) is 10.5. The van der Waals surface area contributed by atoms with Crippen LogP contribution in [0.4, 0.5) is 0 Å². The summed E-state index contributed by atoms with van der Waals surface area (Å²) in [5.41, 5.74) is 0.768. The van der Waals surface area contributed by atoms with Gasteiger partial charge in [-0.05, 0) is 12.3 Å². The van der Waals surface area contributed by atoms with Crippen LogP contribution >= 0.6 is 12.6 Å². The van der Waals surface area contributed by atoms with Crippen LogP contribution < -0.4 is 5.11 Å². The maximum absolute atomic E-state index is 11.1. The Balaban J connectivity index is 2.80. The van der Waals surface area contributed by atoms with E-state index in [1.165, 1.54) is 6.33 Å². The van der Waals surface area contributed by atoms with Gasteiger partial charge in [-0.3, -0.25) is 0 Å². The summed E-state index contributed by atoms with van der Waals surface area (Å²) in [6.07, 6.45) is 3.61. The van der Waals surface area contributed by atoms with E-state index in [0.29, 0.717) is 11.4 Å². The molecule has 1 atom stereocenters. The van der Waals surface area contributed by atoms with Crippen molar-refractivity contribution in [3.8, 4) is 0 Å². The lowest BCUT2D eigenvalue weighted by molar-refractivity contribution is -0.313. The SMILES string of the molecule is CCC(CC)[C@@H](Cc1[nH]cnc1S)C(=O)[O-]. The lowest BCUT2D eigenvalue weighted by atomic mass is 9.85. The van der Waals surface area contributed by atoms with Crippen molar-refractivity contribution in [1.29, 1.82) is 0 Å². The second kappa shape index (κ2) is 5.94. The van der Waals surface area contributed by atoms with Crippen LogP contribution in [0.15, 0.2) is 11.4 Å². The third-order valence-electron chi connectivity index (χ3n) is 3.04. The molecule has 0 aliphatic rings. The van der Waals surface area contributed by atoms with Crippen LogP contribution in [-0.2, 0) is 11.2 Å². The fraction of sp³-hybridized carbons (Fsp3) is 0.636. The number of carbonyl (C=O) groups is 1. The molecule has 1 aromatic heterocycles. The van der Waals surface area contributed by atoms with Crippen molar-refractivity contribution >= 4 is 18.6 Å². The predicted octanol–water partition coefficient (Wildman–Crippen LogP) is 1.04. The number of aromatic nitrogens is 2. The molecular weight excluding hydrogens is 224 g/mol. The average Bonchev–Trinajstić information content (AvgIpc) is 2.64. The molecule has 0 unspecified atom stereocenters. The highest BCUT2D eigenvalue weighted by Gasteiger charge is 2.21. The van der Waals surface area contributed by atoms with Crippen LogP contribution in [0.1, 0.15) is 32.4 Å². The van der Waals surface area contributed by atoms with Gasteiger partial charge < -0.3 is 14.9 Å². The number of nitrogens with one attached hydrogen (secondary N) is 1. The van der Waals surface area contributed by atoms with Crippen molar-refractivity contribution in [2.45, 2.75) is 38.1 Å². The van der Waals surface area contributed by atoms with Gasteiger partial charge in [0.25, 0.3) is 0 Å². The molecule has 1 heterocycles. The van der Waals surface area contributed by atoms with Crippen molar-refractivity contribution in [2.24, 2.45) is 11.8 Å². The monoisotopic (exact) mass is 241 g/mol. The fourth-order valence-corrected chi connectivity index (χ4v) is 2.20. The molecule has 4 nitrogen and oxygen atoms in total. The summed E-state index contributed by atoms with van der Waals surface area (Å²) >= 11 is 4.16. The van der Waals surface area contributed by atoms with Gasteiger partial charge >= 0.3 is 0 Å². The van der Waals surface area contributed by atoms with E-state index in [9.17, 15) is 9.90 Å². The number of aliphatic carboxylic acids is 1. The third-order valence-corrected chi connectivity index (χ3v) is 3.43. The molecule has 5 heteroatoms. The molecule has 0 radical (unpaired) electrons. The number of rotatable bonds is 6. The maximum Gasteiger partial charge on any atom is 0.114 e. The van der Waals surface area contributed by atoms with Crippen LogP contribution in [0.5, 0.6) is 0 Å².